The van der Waals surface area contributed by atoms with E-state index in [4.69, 9.17) is 5.11 Å². The summed E-state index contributed by atoms with van der Waals surface area (Å²) < 4.78 is 0. The molecule has 0 heterocycles. The van der Waals surface area contributed by atoms with Gasteiger partial charge in [0.15, 0.2) is 0 Å². The van der Waals surface area contributed by atoms with E-state index >= 15 is 0 Å². The van der Waals surface area contributed by atoms with E-state index in [1.807, 2.05) is 0 Å². The standard InChI is InChI=1S/C10H20O/c1-3-5-6-7-8-9-10(11)4-2/h4,10-11H,2-3,5-9H2,1H3/t10-/m0/s1. The zero-order chi connectivity index (χ0) is 8.53. The number of unbranched alkanes of at least 4 members (excludes halogenated alkanes) is 4. The molecule has 0 bridgehead atoms. The van der Waals surface area contributed by atoms with Gasteiger partial charge >= 0.3 is 0 Å². The second kappa shape index (κ2) is 7.80. The maximum Gasteiger partial charge on any atom is 0.0718 e. The molecule has 0 aromatic rings. The second-order valence-electron chi connectivity index (χ2n) is 3.01. The summed E-state index contributed by atoms with van der Waals surface area (Å²) in [5.41, 5.74) is 0. The Kier molecular flexibility index (Phi) is 7.59. The first-order valence-electron chi connectivity index (χ1n) is 4.62. The van der Waals surface area contributed by atoms with Crippen LogP contribution in [0.25, 0.3) is 0 Å². The summed E-state index contributed by atoms with van der Waals surface area (Å²) in [6.07, 6.45) is 8.50. The Morgan fingerprint density at radius 2 is 1.91 bits per heavy atom. The molecule has 0 radical (unpaired) electrons. The third-order valence-electron chi connectivity index (χ3n) is 1.88. The molecule has 1 nitrogen and oxygen atoms in total. The maximum absolute atomic E-state index is 9.10. The van der Waals surface area contributed by atoms with Crippen molar-refractivity contribution in [2.24, 2.45) is 0 Å². The fraction of sp³-hybridized carbons (Fsp3) is 0.800. The molecule has 1 heteroatoms. The van der Waals surface area contributed by atoms with Gasteiger partial charge in [0, 0.05) is 0 Å². The molecule has 66 valence electrons. The Labute approximate surface area is 70.1 Å². The second-order valence-corrected chi connectivity index (χ2v) is 3.01. The van der Waals surface area contributed by atoms with Crippen molar-refractivity contribution in [1.29, 1.82) is 0 Å². The molecule has 0 amide bonds. The lowest BCUT2D eigenvalue weighted by atomic mass is 10.1. The lowest BCUT2D eigenvalue weighted by molar-refractivity contribution is 0.208. The minimum atomic E-state index is -0.281. The molecule has 0 fully saturated rings. The van der Waals surface area contributed by atoms with E-state index in [0.717, 1.165) is 12.8 Å². The number of aliphatic hydroxyl groups excluding tert-OH is 1. The van der Waals surface area contributed by atoms with Gasteiger partial charge in [-0.3, -0.25) is 0 Å². The molecule has 11 heavy (non-hydrogen) atoms. The van der Waals surface area contributed by atoms with Crippen LogP contribution in [0.1, 0.15) is 45.4 Å². The van der Waals surface area contributed by atoms with E-state index in [0.29, 0.717) is 0 Å². The molecule has 0 saturated carbocycles. The van der Waals surface area contributed by atoms with Gasteiger partial charge in [0.05, 0.1) is 6.10 Å². The zero-order valence-electron chi connectivity index (χ0n) is 7.55. The number of aliphatic hydroxyl groups is 1. The quantitative estimate of drug-likeness (QED) is 0.444. The maximum atomic E-state index is 9.10. The molecule has 0 aliphatic rings. The van der Waals surface area contributed by atoms with Crippen molar-refractivity contribution in [2.75, 3.05) is 0 Å². The largest absolute Gasteiger partial charge is 0.389 e. The first-order valence-corrected chi connectivity index (χ1v) is 4.62. The molecule has 0 saturated heterocycles. The molecule has 1 N–H and O–H groups in total. The molecule has 0 aromatic heterocycles. The molecule has 0 aliphatic heterocycles. The van der Waals surface area contributed by atoms with Crippen LogP contribution in [0, 0.1) is 0 Å². The number of hydrogen-bond acceptors (Lipinski definition) is 1. The topological polar surface area (TPSA) is 20.2 Å². The van der Waals surface area contributed by atoms with Crippen LogP contribution >= 0.6 is 0 Å². The molecule has 0 unspecified atom stereocenters. The summed E-state index contributed by atoms with van der Waals surface area (Å²) >= 11 is 0. The lowest BCUT2D eigenvalue weighted by Gasteiger charge is -2.03. The smallest absolute Gasteiger partial charge is 0.0718 e. The SMILES string of the molecule is C=C[C@H](O)CCCCCCC. The van der Waals surface area contributed by atoms with Crippen molar-refractivity contribution >= 4 is 0 Å². The Morgan fingerprint density at radius 1 is 1.27 bits per heavy atom. The van der Waals surface area contributed by atoms with Crippen LogP contribution < -0.4 is 0 Å². The Bertz CT molecular complexity index is 88.9. The summed E-state index contributed by atoms with van der Waals surface area (Å²) in [6, 6.07) is 0. The van der Waals surface area contributed by atoms with Crippen LogP contribution in [0.4, 0.5) is 0 Å². The van der Waals surface area contributed by atoms with Crippen molar-refractivity contribution in [2.45, 2.75) is 51.6 Å². The van der Waals surface area contributed by atoms with Gasteiger partial charge in [-0.1, -0.05) is 45.1 Å². The highest BCUT2D eigenvalue weighted by atomic mass is 16.3. The number of rotatable bonds is 7. The predicted molar refractivity (Wildman–Crippen MR) is 49.6 cm³/mol. The van der Waals surface area contributed by atoms with E-state index in [9.17, 15) is 0 Å². The fourth-order valence-corrected chi connectivity index (χ4v) is 1.07. The first kappa shape index (κ1) is 10.7. The molecule has 1 atom stereocenters. The van der Waals surface area contributed by atoms with Gasteiger partial charge in [-0.2, -0.15) is 0 Å². The van der Waals surface area contributed by atoms with Crippen molar-refractivity contribution in [3.63, 3.8) is 0 Å². The summed E-state index contributed by atoms with van der Waals surface area (Å²) in [4.78, 5) is 0. The van der Waals surface area contributed by atoms with Gasteiger partial charge in [-0.15, -0.1) is 6.58 Å². The van der Waals surface area contributed by atoms with Crippen LogP contribution in [0.15, 0.2) is 12.7 Å². The van der Waals surface area contributed by atoms with Gasteiger partial charge in [0.1, 0.15) is 0 Å². The summed E-state index contributed by atoms with van der Waals surface area (Å²) in [6.45, 7) is 5.73. The zero-order valence-corrected chi connectivity index (χ0v) is 7.55. The van der Waals surface area contributed by atoms with E-state index in [2.05, 4.69) is 13.5 Å². The molecular formula is C10H20O. The average molecular weight is 156 g/mol. The summed E-state index contributed by atoms with van der Waals surface area (Å²) in [5, 5.41) is 9.10. The van der Waals surface area contributed by atoms with Gasteiger partial charge in [0.25, 0.3) is 0 Å². The van der Waals surface area contributed by atoms with Crippen LogP contribution in [0.2, 0.25) is 0 Å². The minimum Gasteiger partial charge on any atom is -0.389 e. The van der Waals surface area contributed by atoms with Crippen LogP contribution in [-0.4, -0.2) is 11.2 Å². The third-order valence-corrected chi connectivity index (χ3v) is 1.88. The average Bonchev–Trinajstić information content (AvgIpc) is 2.04. The van der Waals surface area contributed by atoms with Crippen LogP contribution in [0.5, 0.6) is 0 Å². The normalized spacial score (nSPS) is 12.9. The molecule has 0 aromatic carbocycles. The molecular weight excluding hydrogens is 136 g/mol. The van der Waals surface area contributed by atoms with E-state index in [-0.39, 0.29) is 6.10 Å². The van der Waals surface area contributed by atoms with Gasteiger partial charge in [-0.05, 0) is 6.42 Å². The van der Waals surface area contributed by atoms with Gasteiger partial charge < -0.3 is 5.11 Å². The highest BCUT2D eigenvalue weighted by Gasteiger charge is 1.96. The summed E-state index contributed by atoms with van der Waals surface area (Å²) in [5.74, 6) is 0. The first-order chi connectivity index (χ1) is 5.31. The van der Waals surface area contributed by atoms with Crippen molar-refractivity contribution in [3.05, 3.63) is 12.7 Å². The highest BCUT2D eigenvalue weighted by Crippen LogP contribution is 2.07. The van der Waals surface area contributed by atoms with Crippen LogP contribution in [0.3, 0.4) is 0 Å². The molecule has 0 rings (SSSR count). The Hall–Kier alpha value is -0.300. The van der Waals surface area contributed by atoms with E-state index in [1.54, 1.807) is 6.08 Å². The molecule has 0 aliphatic carbocycles. The highest BCUT2D eigenvalue weighted by molar-refractivity contribution is 4.77. The van der Waals surface area contributed by atoms with Crippen molar-refractivity contribution < 1.29 is 5.11 Å². The van der Waals surface area contributed by atoms with Crippen molar-refractivity contribution in [1.82, 2.24) is 0 Å². The number of hydrogen-bond donors (Lipinski definition) is 1. The van der Waals surface area contributed by atoms with Gasteiger partial charge in [-0.25, -0.2) is 0 Å². The fourth-order valence-electron chi connectivity index (χ4n) is 1.07. The summed E-state index contributed by atoms with van der Waals surface area (Å²) in [7, 11) is 0. The van der Waals surface area contributed by atoms with Crippen molar-refractivity contribution in [3.8, 4) is 0 Å². The monoisotopic (exact) mass is 156 g/mol. The van der Waals surface area contributed by atoms with E-state index < -0.39 is 0 Å². The Morgan fingerprint density at radius 3 is 2.45 bits per heavy atom. The third kappa shape index (κ3) is 7.60. The Balaban J connectivity index is 2.95. The molecule has 0 spiro atoms. The predicted octanol–water partition coefficient (Wildman–Crippen LogP) is 2.89. The minimum absolute atomic E-state index is 0.281. The van der Waals surface area contributed by atoms with E-state index in [1.165, 1.54) is 25.7 Å². The van der Waals surface area contributed by atoms with Crippen LogP contribution in [-0.2, 0) is 0 Å². The van der Waals surface area contributed by atoms with Gasteiger partial charge in [0.2, 0.25) is 0 Å². The lowest BCUT2D eigenvalue weighted by Crippen LogP contribution is -2.00.